The summed E-state index contributed by atoms with van der Waals surface area (Å²) in [6, 6.07) is 11.2. The number of ether oxygens (including phenoxy) is 1. The number of halogens is 1. The van der Waals surface area contributed by atoms with E-state index < -0.39 is 12.0 Å². The molecule has 1 unspecified atom stereocenters. The Hall–Kier alpha value is -3.52. The second-order valence-corrected chi connectivity index (χ2v) is 6.46. The summed E-state index contributed by atoms with van der Waals surface area (Å²) in [5.74, 6) is 0.326. The molecule has 1 aromatic heterocycles. The first kappa shape index (κ1) is 22.8. The lowest BCUT2D eigenvalue weighted by atomic mass is 10.0. The standard InChI is InChI=1S/C21H23N5O3.ClH/c1-2-29-17-10-13(11-18-24-7-8-25-18)9-15(12-17)19(21(27)28)26-16-5-3-14(4-6-16)20(22)23;/h3-10,12,19,26H,2,11H2,1H3,(H3,22,23)(H,24,25)(H,27,28);1H. The third kappa shape index (κ3) is 5.74. The van der Waals surface area contributed by atoms with Crippen LogP contribution in [0.4, 0.5) is 5.69 Å². The van der Waals surface area contributed by atoms with Crippen LogP contribution in [0.2, 0.25) is 0 Å². The zero-order valence-corrected chi connectivity index (χ0v) is 17.2. The Morgan fingerprint density at radius 2 is 2.03 bits per heavy atom. The van der Waals surface area contributed by atoms with E-state index in [-0.39, 0.29) is 18.2 Å². The van der Waals surface area contributed by atoms with Crippen LogP contribution in [0.15, 0.2) is 54.9 Å². The van der Waals surface area contributed by atoms with Crippen LogP contribution >= 0.6 is 12.4 Å². The number of imidazole rings is 1. The quantitative estimate of drug-likeness (QED) is 0.261. The third-order valence-corrected chi connectivity index (χ3v) is 4.31. The number of benzene rings is 2. The summed E-state index contributed by atoms with van der Waals surface area (Å²) in [5.41, 5.74) is 8.11. The van der Waals surface area contributed by atoms with Crippen LogP contribution in [0.3, 0.4) is 0 Å². The van der Waals surface area contributed by atoms with Gasteiger partial charge >= 0.3 is 5.97 Å². The molecule has 8 nitrogen and oxygen atoms in total. The zero-order valence-electron chi connectivity index (χ0n) is 16.4. The minimum atomic E-state index is -1.02. The van der Waals surface area contributed by atoms with Gasteiger partial charge < -0.3 is 25.9 Å². The largest absolute Gasteiger partial charge is 0.494 e. The second kappa shape index (κ2) is 10.3. The van der Waals surface area contributed by atoms with Gasteiger partial charge in [-0.05, 0) is 54.4 Å². The number of carboxylic acids is 1. The summed E-state index contributed by atoms with van der Waals surface area (Å²) in [6.07, 6.45) is 3.95. The van der Waals surface area contributed by atoms with E-state index in [0.717, 1.165) is 11.4 Å². The monoisotopic (exact) mass is 429 g/mol. The van der Waals surface area contributed by atoms with Gasteiger partial charge in [0.15, 0.2) is 6.04 Å². The van der Waals surface area contributed by atoms with Gasteiger partial charge in [-0.15, -0.1) is 12.4 Å². The normalized spacial score (nSPS) is 11.2. The van der Waals surface area contributed by atoms with Gasteiger partial charge in [-0.25, -0.2) is 9.78 Å². The molecule has 0 amide bonds. The number of carbonyl (C=O) groups is 1. The maximum atomic E-state index is 12.0. The molecule has 30 heavy (non-hydrogen) atoms. The van der Waals surface area contributed by atoms with Crippen molar-refractivity contribution in [1.29, 1.82) is 5.41 Å². The van der Waals surface area contributed by atoms with E-state index in [4.69, 9.17) is 15.9 Å². The number of aromatic amines is 1. The van der Waals surface area contributed by atoms with Crippen LogP contribution in [-0.4, -0.2) is 33.5 Å². The number of nitrogens with zero attached hydrogens (tertiary/aromatic N) is 1. The first-order chi connectivity index (χ1) is 14.0. The number of anilines is 1. The lowest BCUT2D eigenvalue weighted by Crippen LogP contribution is -2.21. The van der Waals surface area contributed by atoms with Crippen molar-refractivity contribution < 1.29 is 14.6 Å². The van der Waals surface area contributed by atoms with Crippen molar-refractivity contribution in [2.75, 3.05) is 11.9 Å². The second-order valence-electron chi connectivity index (χ2n) is 6.46. The average molecular weight is 430 g/mol. The van der Waals surface area contributed by atoms with E-state index in [0.29, 0.717) is 35.6 Å². The number of hydrogen-bond donors (Lipinski definition) is 5. The van der Waals surface area contributed by atoms with Gasteiger partial charge in [0.1, 0.15) is 17.4 Å². The van der Waals surface area contributed by atoms with E-state index in [1.54, 1.807) is 42.7 Å². The molecule has 2 aromatic carbocycles. The molecular weight excluding hydrogens is 406 g/mol. The highest BCUT2D eigenvalue weighted by atomic mass is 35.5. The summed E-state index contributed by atoms with van der Waals surface area (Å²) in [5, 5.41) is 20.3. The fraction of sp³-hybridized carbons (Fsp3) is 0.190. The lowest BCUT2D eigenvalue weighted by Gasteiger charge is -2.18. The van der Waals surface area contributed by atoms with Crippen molar-refractivity contribution in [2.24, 2.45) is 5.73 Å². The first-order valence-electron chi connectivity index (χ1n) is 9.15. The predicted molar refractivity (Wildman–Crippen MR) is 118 cm³/mol. The summed E-state index contributed by atoms with van der Waals surface area (Å²) >= 11 is 0. The number of nitrogens with one attached hydrogen (secondary N) is 3. The van der Waals surface area contributed by atoms with Crippen LogP contribution in [-0.2, 0) is 11.2 Å². The smallest absolute Gasteiger partial charge is 0.330 e. The summed E-state index contributed by atoms with van der Waals surface area (Å²) in [4.78, 5) is 19.3. The fourth-order valence-electron chi connectivity index (χ4n) is 2.99. The van der Waals surface area contributed by atoms with Crippen molar-refractivity contribution in [3.63, 3.8) is 0 Å². The number of H-pyrrole nitrogens is 1. The van der Waals surface area contributed by atoms with Crippen molar-refractivity contribution in [1.82, 2.24) is 9.97 Å². The van der Waals surface area contributed by atoms with Gasteiger partial charge in [-0.1, -0.05) is 6.07 Å². The number of carboxylic acid groups (broad SMARTS) is 1. The molecule has 0 fully saturated rings. The number of aliphatic carboxylic acids is 1. The molecule has 1 heterocycles. The molecule has 0 bridgehead atoms. The molecule has 158 valence electrons. The highest BCUT2D eigenvalue weighted by Crippen LogP contribution is 2.27. The fourth-order valence-corrected chi connectivity index (χ4v) is 2.99. The lowest BCUT2D eigenvalue weighted by molar-refractivity contribution is -0.138. The summed E-state index contributed by atoms with van der Waals surface area (Å²) in [7, 11) is 0. The average Bonchev–Trinajstić information content (AvgIpc) is 3.19. The molecule has 0 aliphatic heterocycles. The third-order valence-electron chi connectivity index (χ3n) is 4.31. The van der Waals surface area contributed by atoms with Crippen LogP contribution in [0.1, 0.15) is 35.5 Å². The Morgan fingerprint density at radius 3 is 2.60 bits per heavy atom. The van der Waals surface area contributed by atoms with Crippen LogP contribution in [0, 0.1) is 5.41 Å². The molecule has 9 heteroatoms. The van der Waals surface area contributed by atoms with Gasteiger partial charge in [0.05, 0.1) is 6.61 Å². The van der Waals surface area contributed by atoms with E-state index >= 15 is 0 Å². The highest BCUT2D eigenvalue weighted by Gasteiger charge is 2.21. The molecule has 0 aliphatic carbocycles. The number of amidine groups is 1. The van der Waals surface area contributed by atoms with Crippen molar-refractivity contribution in [3.8, 4) is 5.75 Å². The minimum Gasteiger partial charge on any atom is -0.494 e. The predicted octanol–water partition coefficient (Wildman–Crippen LogP) is 3.34. The molecule has 3 aromatic rings. The topological polar surface area (TPSA) is 137 Å². The number of rotatable bonds is 9. The van der Waals surface area contributed by atoms with Crippen LogP contribution in [0.5, 0.6) is 5.75 Å². The van der Waals surface area contributed by atoms with Gasteiger partial charge in [-0.2, -0.15) is 0 Å². The maximum absolute atomic E-state index is 12.0. The van der Waals surface area contributed by atoms with Gasteiger partial charge in [0, 0.05) is 30.1 Å². The van der Waals surface area contributed by atoms with Crippen LogP contribution < -0.4 is 15.8 Å². The number of nitrogen functional groups attached to an aromatic ring is 1. The van der Waals surface area contributed by atoms with E-state index in [2.05, 4.69) is 15.3 Å². The van der Waals surface area contributed by atoms with E-state index in [1.807, 2.05) is 19.1 Å². The molecular formula is C21H24ClN5O3. The molecule has 0 saturated heterocycles. The Labute approximate surface area is 180 Å². The Balaban J connectivity index is 0.00000320. The Morgan fingerprint density at radius 1 is 1.30 bits per heavy atom. The van der Waals surface area contributed by atoms with Crippen LogP contribution in [0.25, 0.3) is 0 Å². The molecule has 1 atom stereocenters. The summed E-state index contributed by atoms with van der Waals surface area (Å²) in [6.45, 7) is 2.35. The molecule has 3 rings (SSSR count). The first-order valence-corrected chi connectivity index (χ1v) is 9.15. The van der Waals surface area contributed by atoms with Crippen molar-refractivity contribution in [2.45, 2.75) is 19.4 Å². The molecule has 0 radical (unpaired) electrons. The van der Waals surface area contributed by atoms with Crippen molar-refractivity contribution in [3.05, 3.63) is 77.4 Å². The Bertz CT molecular complexity index is 990. The number of aromatic nitrogens is 2. The molecule has 0 saturated carbocycles. The van der Waals surface area contributed by atoms with Gasteiger partial charge in [0.2, 0.25) is 0 Å². The zero-order chi connectivity index (χ0) is 20.8. The number of nitrogens with two attached hydrogens (primary N) is 1. The van der Waals surface area contributed by atoms with Gasteiger partial charge in [0.25, 0.3) is 0 Å². The van der Waals surface area contributed by atoms with Gasteiger partial charge in [-0.3, -0.25) is 5.41 Å². The van der Waals surface area contributed by atoms with E-state index in [1.165, 1.54) is 0 Å². The Kier molecular flexibility index (Phi) is 7.83. The molecule has 0 spiro atoms. The maximum Gasteiger partial charge on any atom is 0.330 e. The van der Waals surface area contributed by atoms with E-state index in [9.17, 15) is 9.90 Å². The van der Waals surface area contributed by atoms with Crippen molar-refractivity contribution >= 4 is 29.9 Å². The number of hydrogen-bond acceptors (Lipinski definition) is 5. The molecule has 0 aliphatic rings. The SMILES string of the molecule is CCOc1cc(Cc2ncc[nH]2)cc(C(Nc2ccc(C(=N)N)cc2)C(=O)O)c1.Cl. The summed E-state index contributed by atoms with van der Waals surface area (Å²) < 4.78 is 5.64. The minimum absolute atomic E-state index is 0. The molecule has 6 N–H and O–H groups in total. The highest BCUT2D eigenvalue weighted by molar-refractivity contribution is 5.95.